The largest absolute Gasteiger partial charge is 0.396 e. The molecule has 0 bridgehead atoms. The van der Waals surface area contributed by atoms with Gasteiger partial charge < -0.3 is 15.3 Å². The molecule has 3 nitrogen and oxygen atoms in total. The molecule has 0 aliphatic rings. The van der Waals surface area contributed by atoms with E-state index in [1.807, 2.05) is 0 Å². The number of aliphatic hydroxyl groups is 3. The highest BCUT2D eigenvalue weighted by molar-refractivity contribution is 5.27. The highest BCUT2D eigenvalue weighted by Gasteiger charge is 2.20. The fourth-order valence-corrected chi connectivity index (χ4v) is 1.42. The van der Waals surface area contributed by atoms with Gasteiger partial charge in [0.1, 0.15) is 11.9 Å². The van der Waals surface area contributed by atoms with Crippen LogP contribution in [0.1, 0.15) is 30.1 Å². The molecule has 0 fully saturated rings. The normalized spacial score (nSPS) is 15.0. The third kappa shape index (κ3) is 3.42. The van der Waals surface area contributed by atoms with Crippen LogP contribution in [0.2, 0.25) is 0 Å². The molecule has 0 aliphatic heterocycles. The first-order chi connectivity index (χ1) is 7.97. The standard InChI is InChI=1S/C11H13F3O3/c12-8-5-6(1-2-7(8)11(13)14)10(17)9(16)3-4-15/h1-2,5,9-11,15-17H,3-4H2. The molecule has 6 heteroatoms. The molecule has 0 saturated heterocycles. The van der Waals surface area contributed by atoms with E-state index in [0.717, 1.165) is 18.2 Å². The van der Waals surface area contributed by atoms with E-state index in [-0.39, 0.29) is 18.6 Å². The Hall–Kier alpha value is -1.11. The second-order valence-corrected chi connectivity index (χ2v) is 3.61. The van der Waals surface area contributed by atoms with Gasteiger partial charge >= 0.3 is 0 Å². The van der Waals surface area contributed by atoms with E-state index in [1.54, 1.807) is 0 Å². The molecule has 0 spiro atoms. The zero-order valence-electron chi connectivity index (χ0n) is 8.85. The van der Waals surface area contributed by atoms with Gasteiger partial charge in [0.15, 0.2) is 0 Å². The molecule has 96 valence electrons. The van der Waals surface area contributed by atoms with Crippen molar-refractivity contribution < 1.29 is 28.5 Å². The number of rotatable bonds is 5. The minimum Gasteiger partial charge on any atom is -0.396 e. The van der Waals surface area contributed by atoms with E-state index in [0.29, 0.717) is 0 Å². The highest BCUT2D eigenvalue weighted by atomic mass is 19.3. The predicted molar refractivity (Wildman–Crippen MR) is 54.0 cm³/mol. The summed E-state index contributed by atoms with van der Waals surface area (Å²) >= 11 is 0. The zero-order valence-corrected chi connectivity index (χ0v) is 8.85. The van der Waals surface area contributed by atoms with E-state index in [2.05, 4.69) is 0 Å². The molecule has 1 rings (SSSR count). The summed E-state index contributed by atoms with van der Waals surface area (Å²) in [6.45, 7) is -0.337. The minimum absolute atomic E-state index is 0.00662. The maximum atomic E-state index is 13.2. The van der Waals surface area contributed by atoms with Gasteiger partial charge in [-0.25, -0.2) is 13.2 Å². The fraction of sp³-hybridized carbons (Fsp3) is 0.455. The molecule has 0 radical (unpaired) electrons. The Labute approximate surface area is 96.1 Å². The van der Waals surface area contributed by atoms with E-state index in [4.69, 9.17) is 5.11 Å². The summed E-state index contributed by atoms with van der Waals surface area (Å²) in [6, 6.07) is 2.74. The number of hydrogen-bond donors (Lipinski definition) is 3. The van der Waals surface area contributed by atoms with Crippen LogP contribution in [0, 0.1) is 5.82 Å². The third-order valence-corrected chi connectivity index (χ3v) is 2.39. The first-order valence-corrected chi connectivity index (χ1v) is 5.02. The molecular formula is C11H13F3O3. The number of alkyl halides is 2. The minimum atomic E-state index is -2.93. The van der Waals surface area contributed by atoms with Crippen LogP contribution >= 0.6 is 0 Å². The van der Waals surface area contributed by atoms with Gasteiger partial charge in [0.05, 0.1) is 11.7 Å². The van der Waals surface area contributed by atoms with Crippen LogP contribution in [0.15, 0.2) is 18.2 Å². The Bertz CT molecular complexity index is 371. The van der Waals surface area contributed by atoms with Crippen molar-refractivity contribution >= 4 is 0 Å². The smallest absolute Gasteiger partial charge is 0.266 e. The average molecular weight is 250 g/mol. The van der Waals surface area contributed by atoms with Crippen LogP contribution in [-0.2, 0) is 0 Å². The molecule has 0 saturated carbocycles. The molecule has 17 heavy (non-hydrogen) atoms. The second kappa shape index (κ2) is 6.00. The van der Waals surface area contributed by atoms with Gasteiger partial charge in [-0.2, -0.15) is 0 Å². The van der Waals surface area contributed by atoms with Crippen LogP contribution in [0.25, 0.3) is 0 Å². The van der Waals surface area contributed by atoms with Crippen LogP contribution < -0.4 is 0 Å². The monoisotopic (exact) mass is 250 g/mol. The SMILES string of the molecule is OCCC(O)C(O)c1ccc(C(F)F)c(F)c1. The lowest BCUT2D eigenvalue weighted by Crippen LogP contribution is -2.19. The maximum absolute atomic E-state index is 13.2. The van der Waals surface area contributed by atoms with Gasteiger partial charge in [0.2, 0.25) is 0 Å². The Morgan fingerprint density at radius 1 is 1.18 bits per heavy atom. The van der Waals surface area contributed by atoms with E-state index in [1.165, 1.54) is 0 Å². The molecule has 3 N–H and O–H groups in total. The summed E-state index contributed by atoms with van der Waals surface area (Å²) in [4.78, 5) is 0. The first-order valence-electron chi connectivity index (χ1n) is 5.02. The van der Waals surface area contributed by atoms with Crippen LogP contribution in [0.4, 0.5) is 13.2 Å². The second-order valence-electron chi connectivity index (χ2n) is 3.61. The number of hydrogen-bond acceptors (Lipinski definition) is 3. The van der Waals surface area contributed by atoms with Crippen molar-refractivity contribution in [3.05, 3.63) is 35.1 Å². The van der Waals surface area contributed by atoms with Crippen molar-refractivity contribution in [2.24, 2.45) is 0 Å². The molecule has 1 aromatic rings. The number of aliphatic hydroxyl groups excluding tert-OH is 3. The molecule has 0 aliphatic carbocycles. The topological polar surface area (TPSA) is 60.7 Å². The summed E-state index contributed by atoms with van der Waals surface area (Å²) < 4.78 is 37.7. The van der Waals surface area contributed by atoms with Gasteiger partial charge in [-0.15, -0.1) is 0 Å². The molecule has 0 heterocycles. The first kappa shape index (κ1) is 14.0. The van der Waals surface area contributed by atoms with E-state index < -0.39 is 30.0 Å². The summed E-state index contributed by atoms with van der Waals surface area (Å²) in [5.41, 5.74) is -0.759. The summed E-state index contributed by atoms with van der Waals surface area (Å²) in [7, 11) is 0. The zero-order chi connectivity index (χ0) is 13.0. The third-order valence-electron chi connectivity index (χ3n) is 2.39. The van der Waals surface area contributed by atoms with Crippen molar-refractivity contribution in [1.29, 1.82) is 0 Å². The summed E-state index contributed by atoms with van der Waals surface area (Å²) in [5, 5.41) is 27.5. The van der Waals surface area contributed by atoms with Gasteiger partial charge in [-0.3, -0.25) is 0 Å². The Balaban J connectivity index is 2.89. The molecule has 1 aromatic carbocycles. The molecule has 0 aromatic heterocycles. The Kier molecular flexibility index (Phi) is 4.92. The fourth-order valence-electron chi connectivity index (χ4n) is 1.42. The molecule has 2 unspecified atom stereocenters. The molecule has 2 atom stereocenters. The van der Waals surface area contributed by atoms with Gasteiger partial charge in [-0.05, 0) is 18.1 Å². The van der Waals surface area contributed by atoms with Crippen molar-refractivity contribution in [1.82, 2.24) is 0 Å². The molecule has 0 amide bonds. The summed E-state index contributed by atoms with van der Waals surface area (Å²) in [6.07, 6.45) is -5.69. The van der Waals surface area contributed by atoms with Gasteiger partial charge in [-0.1, -0.05) is 12.1 Å². The van der Waals surface area contributed by atoms with Crippen LogP contribution in [0.5, 0.6) is 0 Å². The van der Waals surface area contributed by atoms with Crippen molar-refractivity contribution in [3.63, 3.8) is 0 Å². The molecular weight excluding hydrogens is 237 g/mol. The van der Waals surface area contributed by atoms with Crippen LogP contribution in [-0.4, -0.2) is 28.0 Å². The maximum Gasteiger partial charge on any atom is 0.266 e. The highest BCUT2D eigenvalue weighted by Crippen LogP contribution is 2.26. The average Bonchev–Trinajstić information content (AvgIpc) is 2.27. The summed E-state index contributed by atoms with van der Waals surface area (Å²) in [5.74, 6) is -1.13. The van der Waals surface area contributed by atoms with E-state index >= 15 is 0 Å². The lowest BCUT2D eigenvalue weighted by atomic mass is 10.0. The number of halogens is 3. The Morgan fingerprint density at radius 2 is 1.82 bits per heavy atom. The van der Waals surface area contributed by atoms with Gasteiger partial charge in [0, 0.05) is 6.61 Å². The predicted octanol–water partition coefficient (Wildman–Crippen LogP) is 1.54. The van der Waals surface area contributed by atoms with Crippen molar-refractivity contribution in [2.45, 2.75) is 25.1 Å². The number of benzene rings is 1. The van der Waals surface area contributed by atoms with Crippen LogP contribution in [0.3, 0.4) is 0 Å². The van der Waals surface area contributed by atoms with Gasteiger partial charge in [0.25, 0.3) is 6.43 Å². The van der Waals surface area contributed by atoms with Crippen molar-refractivity contribution in [3.8, 4) is 0 Å². The van der Waals surface area contributed by atoms with Crippen molar-refractivity contribution in [2.75, 3.05) is 6.61 Å². The Morgan fingerprint density at radius 3 is 2.29 bits per heavy atom. The lowest BCUT2D eigenvalue weighted by Gasteiger charge is -2.17. The van der Waals surface area contributed by atoms with E-state index in [9.17, 15) is 23.4 Å². The lowest BCUT2D eigenvalue weighted by molar-refractivity contribution is 0.00402. The quantitative estimate of drug-likeness (QED) is 0.742.